The molecule has 0 heterocycles. The zero-order valence-electron chi connectivity index (χ0n) is 4.98. The maximum Gasteiger partial charge on any atom is 0.198 e. The molecule has 0 aliphatic carbocycles. The second-order valence-corrected chi connectivity index (χ2v) is 1.63. The van der Waals surface area contributed by atoms with Gasteiger partial charge in [0.15, 0.2) is 6.29 Å². The lowest BCUT2D eigenvalue weighted by molar-refractivity contribution is 0.551. The molecule has 1 radical (unpaired) electrons. The molecule has 45 valence electrons. The van der Waals surface area contributed by atoms with Gasteiger partial charge in [-0.3, -0.25) is 4.79 Å². The Hall–Kier alpha value is -0.790. The maximum absolute atomic E-state index is 9.59. The third-order valence-corrected chi connectivity index (χ3v) is 0.713. The molecule has 0 aliphatic rings. The van der Waals surface area contributed by atoms with Gasteiger partial charge >= 0.3 is 0 Å². The van der Waals surface area contributed by atoms with Crippen molar-refractivity contribution < 1.29 is 4.79 Å². The minimum Gasteiger partial charge on any atom is -0.403 e. The van der Waals surface area contributed by atoms with Crippen molar-refractivity contribution in [1.29, 1.82) is 0 Å². The van der Waals surface area contributed by atoms with Gasteiger partial charge < -0.3 is 5.73 Å². The van der Waals surface area contributed by atoms with Crippen molar-refractivity contribution in [2.24, 2.45) is 5.73 Å². The van der Waals surface area contributed by atoms with Crippen LogP contribution in [-0.4, -0.2) is 6.29 Å². The Labute approximate surface area is 49.4 Å². The van der Waals surface area contributed by atoms with Crippen molar-refractivity contribution in [3.05, 3.63) is 11.8 Å². The highest BCUT2D eigenvalue weighted by Crippen LogP contribution is 1.88. The number of nitrogens with two attached hydrogens (primary N) is 1. The van der Waals surface area contributed by atoms with E-state index in [-0.39, 0.29) is 0 Å². The second kappa shape index (κ2) is 4.37. The summed E-state index contributed by atoms with van der Waals surface area (Å²) in [5.41, 5.74) is 6.03. The number of rotatable bonds is 3. The minimum atomic E-state index is 0.453. The summed E-state index contributed by atoms with van der Waals surface area (Å²) >= 11 is 0. The van der Waals surface area contributed by atoms with Gasteiger partial charge in [-0.25, -0.2) is 0 Å². The first kappa shape index (κ1) is 7.21. The SMILES string of the molecule is CC(N)=CCC[C]=O. The molecule has 0 aromatic rings. The molecule has 0 unspecified atom stereocenters. The fraction of sp³-hybridized carbons (Fsp3) is 0.500. The largest absolute Gasteiger partial charge is 0.403 e. The Balaban J connectivity index is 3.15. The van der Waals surface area contributed by atoms with Crippen molar-refractivity contribution in [3.63, 3.8) is 0 Å². The van der Waals surface area contributed by atoms with E-state index >= 15 is 0 Å². The molecule has 8 heavy (non-hydrogen) atoms. The Morgan fingerprint density at radius 1 is 1.88 bits per heavy atom. The van der Waals surface area contributed by atoms with E-state index in [1.54, 1.807) is 13.2 Å². The number of carbonyl (C=O) groups excluding carboxylic acids is 1. The van der Waals surface area contributed by atoms with Crippen LogP contribution >= 0.6 is 0 Å². The van der Waals surface area contributed by atoms with E-state index in [0.29, 0.717) is 12.8 Å². The van der Waals surface area contributed by atoms with E-state index in [0.717, 1.165) is 5.70 Å². The van der Waals surface area contributed by atoms with Crippen LogP contribution < -0.4 is 5.73 Å². The maximum atomic E-state index is 9.59. The van der Waals surface area contributed by atoms with Crippen LogP contribution in [0, 0.1) is 0 Å². The van der Waals surface area contributed by atoms with Crippen LogP contribution in [0.4, 0.5) is 0 Å². The fourth-order valence-corrected chi connectivity index (χ4v) is 0.359. The third kappa shape index (κ3) is 5.21. The van der Waals surface area contributed by atoms with Crippen molar-refractivity contribution >= 4 is 6.29 Å². The normalized spacial score (nSPS) is 11.4. The smallest absolute Gasteiger partial charge is 0.198 e. The van der Waals surface area contributed by atoms with E-state index in [1.807, 2.05) is 6.08 Å². The van der Waals surface area contributed by atoms with Crippen LogP contribution in [0.5, 0.6) is 0 Å². The van der Waals surface area contributed by atoms with Crippen LogP contribution in [0.2, 0.25) is 0 Å². The molecule has 2 N–H and O–H groups in total. The van der Waals surface area contributed by atoms with Crippen molar-refractivity contribution in [3.8, 4) is 0 Å². The average molecular weight is 112 g/mol. The zero-order valence-corrected chi connectivity index (χ0v) is 4.98. The lowest BCUT2D eigenvalue weighted by Crippen LogP contribution is -1.89. The molecule has 0 aromatic heterocycles. The van der Waals surface area contributed by atoms with Crippen LogP contribution in [0.25, 0.3) is 0 Å². The molecular formula is C6H10NO. The Kier molecular flexibility index (Phi) is 3.94. The highest BCUT2D eigenvalue weighted by atomic mass is 16.1. The van der Waals surface area contributed by atoms with Gasteiger partial charge in [-0.1, -0.05) is 6.08 Å². The first-order valence-corrected chi connectivity index (χ1v) is 2.54. The van der Waals surface area contributed by atoms with Gasteiger partial charge in [0.1, 0.15) is 0 Å². The summed E-state index contributed by atoms with van der Waals surface area (Å²) in [6.45, 7) is 1.80. The average Bonchev–Trinajstić information content (AvgIpc) is 1.66. The molecular weight excluding hydrogens is 102 g/mol. The molecule has 0 amide bonds. The Bertz CT molecular complexity index is 92.7. The van der Waals surface area contributed by atoms with E-state index in [9.17, 15) is 4.79 Å². The molecule has 0 atom stereocenters. The summed E-state index contributed by atoms with van der Waals surface area (Å²) in [6.07, 6.45) is 4.75. The zero-order chi connectivity index (χ0) is 6.41. The molecule has 0 fully saturated rings. The fourth-order valence-electron chi connectivity index (χ4n) is 0.359. The predicted molar refractivity (Wildman–Crippen MR) is 32.9 cm³/mol. The number of allylic oxidation sites excluding steroid dienone is 2. The standard InChI is InChI=1S/C6H10NO/c1-6(7)4-2-3-5-8/h4H,2-3,7H2,1H3. The lowest BCUT2D eigenvalue weighted by Gasteiger charge is -1.85. The van der Waals surface area contributed by atoms with E-state index in [2.05, 4.69) is 0 Å². The van der Waals surface area contributed by atoms with E-state index < -0.39 is 0 Å². The van der Waals surface area contributed by atoms with Gasteiger partial charge in [-0.15, -0.1) is 0 Å². The van der Waals surface area contributed by atoms with Crippen molar-refractivity contribution in [1.82, 2.24) is 0 Å². The van der Waals surface area contributed by atoms with Gasteiger partial charge in [0.25, 0.3) is 0 Å². The summed E-state index contributed by atoms with van der Waals surface area (Å²) in [6, 6.07) is 0. The van der Waals surface area contributed by atoms with Gasteiger partial charge in [0.05, 0.1) is 0 Å². The topological polar surface area (TPSA) is 43.1 Å². The molecule has 0 spiro atoms. The lowest BCUT2D eigenvalue weighted by atomic mass is 10.3. The monoisotopic (exact) mass is 112 g/mol. The van der Waals surface area contributed by atoms with Crippen LogP contribution in [0.1, 0.15) is 19.8 Å². The van der Waals surface area contributed by atoms with Crippen LogP contribution in [0.3, 0.4) is 0 Å². The second-order valence-electron chi connectivity index (χ2n) is 1.63. The Morgan fingerprint density at radius 3 is 2.88 bits per heavy atom. The van der Waals surface area contributed by atoms with E-state index in [1.165, 1.54) is 0 Å². The summed E-state index contributed by atoms with van der Waals surface area (Å²) in [4.78, 5) is 9.59. The molecule has 0 saturated carbocycles. The van der Waals surface area contributed by atoms with E-state index in [4.69, 9.17) is 5.73 Å². The van der Waals surface area contributed by atoms with Crippen molar-refractivity contribution in [2.45, 2.75) is 19.8 Å². The quantitative estimate of drug-likeness (QED) is 0.547. The van der Waals surface area contributed by atoms with Crippen LogP contribution in [0.15, 0.2) is 11.8 Å². The molecule has 0 rings (SSSR count). The number of hydrogen-bond donors (Lipinski definition) is 1. The molecule has 0 bridgehead atoms. The number of unbranched alkanes of at least 4 members (excludes halogenated alkanes) is 1. The summed E-state index contributed by atoms with van der Waals surface area (Å²) in [5.74, 6) is 0. The first-order valence-electron chi connectivity index (χ1n) is 2.54. The number of hydrogen-bond acceptors (Lipinski definition) is 2. The first-order chi connectivity index (χ1) is 3.77. The molecule has 0 aliphatic heterocycles. The highest BCUT2D eigenvalue weighted by Gasteiger charge is 1.79. The summed E-state index contributed by atoms with van der Waals surface area (Å²) < 4.78 is 0. The summed E-state index contributed by atoms with van der Waals surface area (Å²) in [5, 5.41) is 0. The molecule has 0 saturated heterocycles. The highest BCUT2D eigenvalue weighted by molar-refractivity contribution is 5.50. The predicted octanol–water partition coefficient (Wildman–Crippen LogP) is 0.739. The van der Waals surface area contributed by atoms with Crippen LogP contribution in [-0.2, 0) is 4.79 Å². The molecule has 0 aromatic carbocycles. The minimum absolute atomic E-state index is 0.453. The van der Waals surface area contributed by atoms with Gasteiger partial charge in [-0.2, -0.15) is 0 Å². The summed E-state index contributed by atoms with van der Waals surface area (Å²) in [7, 11) is 0. The molecule has 2 nitrogen and oxygen atoms in total. The van der Waals surface area contributed by atoms with Gasteiger partial charge in [0.2, 0.25) is 0 Å². The Morgan fingerprint density at radius 2 is 2.50 bits per heavy atom. The molecule has 2 heteroatoms. The van der Waals surface area contributed by atoms with Gasteiger partial charge in [0, 0.05) is 12.1 Å². The van der Waals surface area contributed by atoms with Crippen molar-refractivity contribution in [2.75, 3.05) is 0 Å². The van der Waals surface area contributed by atoms with Gasteiger partial charge in [-0.05, 0) is 13.3 Å². The third-order valence-electron chi connectivity index (χ3n) is 0.713.